The summed E-state index contributed by atoms with van der Waals surface area (Å²) >= 11 is 0. The second-order valence-corrected chi connectivity index (χ2v) is 5.32. The smallest absolute Gasteiger partial charge is 0.410 e. The zero-order valence-corrected chi connectivity index (χ0v) is 10.8. The minimum absolute atomic E-state index is 0.266. The molecule has 1 aliphatic heterocycles. The zero-order chi connectivity index (χ0) is 13.2. The highest BCUT2D eigenvalue weighted by molar-refractivity contribution is 5.69. The number of hydrogen-bond acceptors (Lipinski definition) is 3. The Kier molecular flexibility index (Phi) is 3.57. The molecule has 0 aromatic heterocycles. The molecule has 1 unspecified atom stereocenters. The third kappa shape index (κ3) is 2.82. The summed E-state index contributed by atoms with van der Waals surface area (Å²) in [5.74, 6) is 0. The van der Waals surface area contributed by atoms with Gasteiger partial charge in [0.25, 0.3) is 0 Å². The van der Waals surface area contributed by atoms with Gasteiger partial charge in [0.2, 0.25) is 0 Å². The van der Waals surface area contributed by atoms with Gasteiger partial charge in [-0.25, -0.2) is 4.79 Å². The van der Waals surface area contributed by atoms with Crippen LogP contribution in [0.2, 0.25) is 0 Å². The van der Waals surface area contributed by atoms with Gasteiger partial charge < -0.3 is 14.7 Å². The molecule has 1 aliphatic rings. The Balaban J connectivity index is 1.93. The number of β-amino-alcohol motifs (C(OH)–C–C–N with tert-alkyl or cyclic N) is 1. The van der Waals surface area contributed by atoms with E-state index in [4.69, 9.17) is 4.74 Å². The topological polar surface area (TPSA) is 49.8 Å². The van der Waals surface area contributed by atoms with Gasteiger partial charge in [-0.05, 0) is 25.8 Å². The van der Waals surface area contributed by atoms with Gasteiger partial charge in [-0.1, -0.05) is 30.3 Å². The van der Waals surface area contributed by atoms with Crippen molar-refractivity contribution in [1.29, 1.82) is 0 Å². The number of ether oxygens (including phenoxy) is 1. The predicted molar refractivity (Wildman–Crippen MR) is 68.0 cm³/mol. The summed E-state index contributed by atoms with van der Waals surface area (Å²) in [5, 5.41) is 9.62. The maximum atomic E-state index is 12.0. The van der Waals surface area contributed by atoms with Crippen LogP contribution in [0.5, 0.6) is 0 Å². The molecular weight excluding hydrogens is 230 g/mol. The molecule has 1 fully saturated rings. The van der Waals surface area contributed by atoms with Gasteiger partial charge in [-0.3, -0.25) is 0 Å². The van der Waals surface area contributed by atoms with Crippen LogP contribution in [0.4, 0.5) is 4.79 Å². The summed E-state index contributed by atoms with van der Waals surface area (Å²) in [6.07, 6.45) is -0.224. The predicted octanol–water partition coefficient (Wildman–Crippen LogP) is 2.17. The third-order valence-electron chi connectivity index (χ3n) is 3.28. The van der Waals surface area contributed by atoms with Gasteiger partial charge in [0.15, 0.2) is 0 Å². The molecule has 98 valence electrons. The summed E-state index contributed by atoms with van der Waals surface area (Å²) in [6, 6.07) is 9.57. The molecule has 0 spiro atoms. The van der Waals surface area contributed by atoms with E-state index in [9.17, 15) is 9.90 Å². The lowest BCUT2D eigenvalue weighted by atomic mass is 10.0. The van der Waals surface area contributed by atoms with Crippen LogP contribution in [0.1, 0.15) is 25.8 Å². The average Bonchev–Trinajstić information content (AvgIpc) is 2.61. The number of carbonyl (C=O) groups excluding carboxylic acids is 1. The lowest BCUT2D eigenvalue weighted by Crippen LogP contribution is -2.43. The van der Waals surface area contributed by atoms with Crippen LogP contribution in [0.3, 0.4) is 0 Å². The molecule has 1 atom stereocenters. The first-order valence-electron chi connectivity index (χ1n) is 6.15. The van der Waals surface area contributed by atoms with E-state index in [-0.39, 0.29) is 18.2 Å². The molecular formula is C14H19NO3. The zero-order valence-electron chi connectivity index (χ0n) is 10.8. The van der Waals surface area contributed by atoms with E-state index in [1.54, 1.807) is 4.90 Å². The SMILES string of the molecule is CC1(C)CC(O)CN1C(=O)OCc1ccccc1. The maximum Gasteiger partial charge on any atom is 0.410 e. The Bertz CT molecular complexity index is 416. The summed E-state index contributed by atoms with van der Waals surface area (Å²) in [6.45, 7) is 4.49. The number of nitrogens with zero attached hydrogens (tertiary/aromatic N) is 1. The molecule has 1 aromatic rings. The number of likely N-dealkylation sites (tertiary alicyclic amines) is 1. The highest BCUT2D eigenvalue weighted by atomic mass is 16.6. The van der Waals surface area contributed by atoms with Crippen LogP contribution >= 0.6 is 0 Å². The summed E-state index contributed by atoms with van der Waals surface area (Å²) < 4.78 is 5.27. The second kappa shape index (κ2) is 4.98. The first-order valence-corrected chi connectivity index (χ1v) is 6.15. The number of benzene rings is 1. The van der Waals surface area contributed by atoms with Crippen molar-refractivity contribution in [2.24, 2.45) is 0 Å². The number of carbonyl (C=O) groups is 1. The molecule has 4 nitrogen and oxygen atoms in total. The minimum Gasteiger partial charge on any atom is -0.445 e. The summed E-state index contributed by atoms with van der Waals surface area (Å²) in [4.78, 5) is 13.6. The first-order chi connectivity index (χ1) is 8.49. The monoisotopic (exact) mass is 249 g/mol. The van der Waals surface area contributed by atoms with Gasteiger partial charge in [0, 0.05) is 5.54 Å². The molecule has 1 saturated heterocycles. The lowest BCUT2D eigenvalue weighted by Gasteiger charge is -2.30. The average molecular weight is 249 g/mol. The molecule has 0 aliphatic carbocycles. The largest absolute Gasteiger partial charge is 0.445 e. The number of aliphatic hydroxyl groups is 1. The third-order valence-corrected chi connectivity index (χ3v) is 3.28. The quantitative estimate of drug-likeness (QED) is 0.874. The first kappa shape index (κ1) is 12.9. The van der Waals surface area contributed by atoms with E-state index in [1.165, 1.54) is 0 Å². The highest BCUT2D eigenvalue weighted by Gasteiger charge is 2.41. The number of hydrogen-bond donors (Lipinski definition) is 1. The Morgan fingerprint density at radius 1 is 1.44 bits per heavy atom. The minimum atomic E-state index is -0.454. The van der Waals surface area contributed by atoms with Crippen molar-refractivity contribution in [3.8, 4) is 0 Å². The number of amides is 1. The Morgan fingerprint density at radius 2 is 2.11 bits per heavy atom. The number of aliphatic hydroxyl groups excluding tert-OH is 1. The Morgan fingerprint density at radius 3 is 2.67 bits per heavy atom. The van der Waals surface area contributed by atoms with Crippen LogP contribution in [-0.2, 0) is 11.3 Å². The molecule has 1 heterocycles. The fourth-order valence-corrected chi connectivity index (χ4v) is 2.33. The molecule has 18 heavy (non-hydrogen) atoms. The molecule has 0 bridgehead atoms. The van der Waals surface area contributed by atoms with Crippen LogP contribution in [0.25, 0.3) is 0 Å². The standard InChI is InChI=1S/C14H19NO3/c1-14(2)8-12(16)9-15(14)13(17)18-10-11-6-4-3-5-7-11/h3-7,12,16H,8-10H2,1-2H3. The highest BCUT2D eigenvalue weighted by Crippen LogP contribution is 2.29. The molecule has 1 N–H and O–H groups in total. The van der Waals surface area contributed by atoms with Gasteiger partial charge in [0.1, 0.15) is 6.61 Å². The van der Waals surface area contributed by atoms with Crippen LogP contribution in [0, 0.1) is 0 Å². The lowest BCUT2D eigenvalue weighted by molar-refractivity contribution is 0.0733. The molecule has 1 amide bonds. The van der Waals surface area contributed by atoms with Crippen LogP contribution < -0.4 is 0 Å². The Hall–Kier alpha value is -1.55. The molecule has 2 rings (SSSR count). The molecule has 0 saturated carbocycles. The van der Waals surface area contributed by atoms with E-state index in [0.717, 1.165) is 5.56 Å². The van der Waals surface area contributed by atoms with Gasteiger partial charge >= 0.3 is 6.09 Å². The van der Waals surface area contributed by atoms with Crippen molar-refractivity contribution < 1.29 is 14.6 Å². The van der Waals surface area contributed by atoms with Crippen molar-refractivity contribution in [2.75, 3.05) is 6.54 Å². The summed E-state index contributed by atoms with van der Waals surface area (Å²) in [7, 11) is 0. The van der Waals surface area contributed by atoms with Crippen molar-refractivity contribution in [3.05, 3.63) is 35.9 Å². The van der Waals surface area contributed by atoms with Crippen LogP contribution in [0.15, 0.2) is 30.3 Å². The van der Waals surface area contributed by atoms with Crippen molar-refractivity contribution in [2.45, 2.75) is 38.5 Å². The fraction of sp³-hybridized carbons (Fsp3) is 0.500. The van der Waals surface area contributed by atoms with E-state index < -0.39 is 6.10 Å². The molecule has 4 heteroatoms. The van der Waals surface area contributed by atoms with E-state index in [2.05, 4.69) is 0 Å². The second-order valence-electron chi connectivity index (χ2n) is 5.32. The van der Waals surface area contributed by atoms with Crippen molar-refractivity contribution in [1.82, 2.24) is 4.90 Å². The van der Waals surface area contributed by atoms with E-state index in [0.29, 0.717) is 13.0 Å². The fourth-order valence-electron chi connectivity index (χ4n) is 2.33. The van der Waals surface area contributed by atoms with E-state index >= 15 is 0 Å². The number of rotatable bonds is 2. The van der Waals surface area contributed by atoms with Gasteiger partial charge in [-0.2, -0.15) is 0 Å². The molecule has 1 aromatic carbocycles. The van der Waals surface area contributed by atoms with E-state index in [1.807, 2.05) is 44.2 Å². The maximum absolute atomic E-state index is 12.0. The molecule has 0 radical (unpaired) electrons. The van der Waals surface area contributed by atoms with Gasteiger partial charge in [-0.15, -0.1) is 0 Å². The normalized spacial score (nSPS) is 21.9. The van der Waals surface area contributed by atoms with Crippen LogP contribution in [-0.4, -0.2) is 34.3 Å². The van der Waals surface area contributed by atoms with Crippen molar-refractivity contribution in [3.63, 3.8) is 0 Å². The van der Waals surface area contributed by atoms with Crippen molar-refractivity contribution >= 4 is 6.09 Å². The summed E-state index contributed by atoms with van der Waals surface area (Å²) in [5.41, 5.74) is 0.621. The Labute approximate surface area is 107 Å². The van der Waals surface area contributed by atoms with Gasteiger partial charge in [0.05, 0.1) is 12.6 Å².